The predicted octanol–water partition coefficient (Wildman–Crippen LogP) is -0.0551. The zero-order valence-corrected chi connectivity index (χ0v) is 10.1. The summed E-state index contributed by atoms with van der Waals surface area (Å²) in [6.45, 7) is 3.79. The van der Waals surface area contributed by atoms with Gasteiger partial charge in [-0.15, -0.1) is 0 Å². The molecule has 0 bridgehead atoms. The van der Waals surface area contributed by atoms with Crippen LogP contribution in [0.3, 0.4) is 0 Å². The van der Waals surface area contributed by atoms with Crippen LogP contribution in [0.15, 0.2) is 0 Å². The maximum atomic E-state index is 11.2. The molecule has 2 aliphatic rings. The Bertz CT molecular complexity index is 273. The molecular formula is C12H20N2O3. The van der Waals surface area contributed by atoms with Gasteiger partial charge in [0.2, 0.25) is 0 Å². The standard InChI is InChI=1S/C12H20N2O3/c15-9-17-6-3-10-7-11(8-13-10)14-4-1-12(16)2-5-14/h9-11,13H,1-8H2/t10?,11-/m0/s1. The van der Waals surface area contributed by atoms with E-state index in [1.807, 2.05) is 0 Å². The van der Waals surface area contributed by atoms with Crippen molar-refractivity contribution in [2.45, 2.75) is 37.8 Å². The lowest BCUT2D eigenvalue weighted by Crippen LogP contribution is -2.42. The summed E-state index contributed by atoms with van der Waals surface area (Å²) >= 11 is 0. The molecule has 1 N–H and O–H groups in total. The van der Waals surface area contributed by atoms with Gasteiger partial charge in [-0.25, -0.2) is 0 Å². The first-order chi connectivity index (χ1) is 8.29. The Kier molecular flexibility index (Phi) is 4.50. The van der Waals surface area contributed by atoms with Crippen LogP contribution in [0, 0.1) is 0 Å². The van der Waals surface area contributed by atoms with Crippen LogP contribution < -0.4 is 5.32 Å². The van der Waals surface area contributed by atoms with E-state index in [1.165, 1.54) is 0 Å². The minimum Gasteiger partial charge on any atom is -0.468 e. The lowest BCUT2D eigenvalue weighted by Gasteiger charge is -2.31. The van der Waals surface area contributed by atoms with Crippen LogP contribution >= 0.6 is 0 Å². The minimum absolute atomic E-state index is 0.392. The molecule has 0 aromatic heterocycles. The summed E-state index contributed by atoms with van der Waals surface area (Å²) < 4.78 is 4.71. The van der Waals surface area contributed by atoms with Crippen LogP contribution in [0.5, 0.6) is 0 Å². The monoisotopic (exact) mass is 240 g/mol. The molecule has 2 atom stereocenters. The number of nitrogens with one attached hydrogen (secondary N) is 1. The molecule has 5 nitrogen and oxygen atoms in total. The third-order valence-electron chi connectivity index (χ3n) is 3.72. The summed E-state index contributed by atoms with van der Waals surface area (Å²) in [6, 6.07) is 0.988. The first-order valence-corrected chi connectivity index (χ1v) is 6.34. The Morgan fingerprint density at radius 3 is 2.88 bits per heavy atom. The van der Waals surface area contributed by atoms with Crippen molar-refractivity contribution in [3.05, 3.63) is 0 Å². The average Bonchev–Trinajstić information content (AvgIpc) is 2.79. The molecule has 0 aromatic rings. The van der Waals surface area contributed by atoms with E-state index >= 15 is 0 Å². The third kappa shape index (κ3) is 3.51. The van der Waals surface area contributed by atoms with Crippen molar-refractivity contribution in [2.75, 3.05) is 26.2 Å². The summed E-state index contributed by atoms with van der Waals surface area (Å²) in [6.07, 6.45) is 3.38. The van der Waals surface area contributed by atoms with Gasteiger partial charge in [-0.05, 0) is 12.8 Å². The highest BCUT2D eigenvalue weighted by Gasteiger charge is 2.30. The number of carbonyl (C=O) groups excluding carboxylic acids is 2. The zero-order valence-electron chi connectivity index (χ0n) is 10.1. The van der Waals surface area contributed by atoms with E-state index in [1.54, 1.807) is 0 Å². The maximum Gasteiger partial charge on any atom is 0.293 e. The average molecular weight is 240 g/mol. The number of ether oxygens (including phenoxy) is 1. The highest BCUT2D eigenvalue weighted by Crippen LogP contribution is 2.19. The predicted molar refractivity (Wildman–Crippen MR) is 62.6 cm³/mol. The molecule has 0 radical (unpaired) electrons. The largest absolute Gasteiger partial charge is 0.468 e. The van der Waals surface area contributed by atoms with Crippen molar-refractivity contribution in [2.24, 2.45) is 0 Å². The molecule has 0 aliphatic carbocycles. The molecule has 0 spiro atoms. The second-order valence-corrected chi connectivity index (χ2v) is 4.83. The SMILES string of the molecule is O=COCCC1C[C@H](N2CCC(=O)CC2)CN1. The number of hydrogen-bond acceptors (Lipinski definition) is 5. The zero-order chi connectivity index (χ0) is 12.1. The van der Waals surface area contributed by atoms with Gasteiger partial charge in [-0.1, -0.05) is 0 Å². The molecular weight excluding hydrogens is 220 g/mol. The van der Waals surface area contributed by atoms with E-state index in [4.69, 9.17) is 4.74 Å². The molecule has 2 fully saturated rings. The Morgan fingerprint density at radius 1 is 1.41 bits per heavy atom. The molecule has 0 aromatic carbocycles. The van der Waals surface area contributed by atoms with Gasteiger partial charge in [-0.3, -0.25) is 14.5 Å². The highest BCUT2D eigenvalue weighted by atomic mass is 16.5. The number of likely N-dealkylation sites (tertiary alicyclic amines) is 1. The highest BCUT2D eigenvalue weighted by molar-refractivity contribution is 5.79. The molecule has 0 saturated carbocycles. The number of hydrogen-bond donors (Lipinski definition) is 1. The topological polar surface area (TPSA) is 58.6 Å². The lowest BCUT2D eigenvalue weighted by atomic mass is 10.0. The van der Waals surface area contributed by atoms with Gasteiger partial charge in [0.1, 0.15) is 5.78 Å². The molecule has 2 aliphatic heterocycles. The summed E-state index contributed by atoms with van der Waals surface area (Å²) in [5.41, 5.74) is 0. The van der Waals surface area contributed by atoms with Crippen LogP contribution in [0.25, 0.3) is 0 Å². The molecule has 96 valence electrons. The molecule has 2 heterocycles. The summed E-state index contributed by atoms with van der Waals surface area (Å²) in [5, 5.41) is 3.45. The molecule has 2 saturated heterocycles. The summed E-state index contributed by atoms with van der Waals surface area (Å²) in [4.78, 5) is 23.6. The number of ketones is 1. The Labute approximate surface area is 101 Å². The van der Waals surface area contributed by atoms with Gasteiger partial charge < -0.3 is 10.1 Å². The maximum absolute atomic E-state index is 11.2. The minimum atomic E-state index is 0.392. The number of rotatable bonds is 5. The Morgan fingerprint density at radius 2 is 2.18 bits per heavy atom. The van der Waals surface area contributed by atoms with E-state index < -0.39 is 0 Å². The quantitative estimate of drug-likeness (QED) is 0.539. The normalized spacial score (nSPS) is 30.5. The van der Waals surface area contributed by atoms with E-state index in [0.29, 0.717) is 43.8 Å². The summed E-state index contributed by atoms with van der Waals surface area (Å²) in [5.74, 6) is 0.392. The van der Waals surface area contributed by atoms with Crippen molar-refractivity contribution in [1.29, 1.82) is 0 Å². The van der Waals surface area contributed by atoms with Crippen molar-refractivity contribution in [3.63, 3.8) is 0 Å². The van der Waals surface area contributed by atoms with Crippen molar-refractivity contribution in [3.8, 4) is 0 Å². The summed E-state index contributed by atoms with van der Waals surface area (Å²) in [7, 11) is 0. The van der Waals surface area contributed by atoms with E-state index in [0.717, 1.165) is 32.5 Å². The van der Waals surface area contributed by atoms with Crippen LogP contribution in [-0.4, -0.2) is 55.5 Å². The van der Waals surface area contributed by atoms with Gasteiger partial charge in [0.05, 0.1) is 6.61 Å². The smallest absolute Gasteiger partial charge is 0.293 e. The van der Waals surface area contributed by atoms with E-state index in [2.05, 4.69) is 10.2 Å². The fourth-order valence-corrected chi connectivity index (χ4v) is 2.69. The molecule has 17 heavy (non-hydrogen) atoms. The van der Waals surface area contributed by atoms with Crippen LogP contribution in [-0.2, 0) is 14.3 Å². The Hall–Kier alpha value is -0.940. The fourth-order valence-electron chi connectivity index (χ4n) is 2.69. The molecule has 5 heteroatoms. The second-order valence-electron chi connectivity index (χ2n) is 4.83. The lowest BCUT2D eigenvalue weighted by molar-refractivity contribution is -0.128. The molecule has 0 amide bonds. The first-order valence-electron chi connectivity index (χ1n) is 6.34. The Balaban J connectivity index is 1.70. The van der Waals surface area contributed by atoms with Gasteiger partial charge in [0, 0.05) is 44.6 Å². The van der Waals surface area contributed by atoms with Crippen molar-refractivity contribution >= 4 is 12.3 Å². The number of nitrogens with zero attached hydrogens (tertiary/aromatic N) is 1. The van der Waals surface area contributed by atoms with Crippen LogP contribution in [0.1, 0.15) is 25.7 Å². The molecule has 1 unspecified atom stereocenters. The van der Waals surface area contributed by atoms with Gasteiger partial charge in [0.25, 0.3) is 6.47 Å². The van der Waals surface area contributed by atoms with Gasteiger partial charge in [-0.2, -0.15) is 0 Å². The second kappa shape index (κ2) is 6.12. The van der Waals surface area contributed by atoms with Crippen molar-refractivity contribution < 1.29 is 14.3 Å². The number of piperidine rings is 1. The van der Waals surface area contributed by atoms with Crippen LogP contribution in [0.2, 0.25) is 0 Å². The fraction of sp³-hybridized carbons (Fsp3) is 0.833. The van der Waals surface area contributed by atoms with Crippen molar-refractivity contribution in [1.82, 2.24) is 10.2 Å². The molecule has 2 rings (SSSR count). The van der Waals surface area contributed by atoms with E-state index in [9.17, 15) is 9.59 Å². The van der Waals surface area contributed by atoms with Gasteiger partial charge >= 0.3 is 0 Å². The van der Waals surface area contributed by atoms with Crippen LogP contribution in [0.4, 0.5) is 0 Å². The number of carbonyl (C=O) groups is 2. The third-order valence-corrected chi connectivity index (χ3v) is 3.72. The number of Topliss-reactive ketones (excluding diaryl/α,β-unsaturated/α-hetero) is 1. The first kappa shape index (κ1) is 12.5. The van der Waals surface area contributed by atoms with Gasteiger partial charge in [0.15, 0.2) is 0 Å². The van der Waals surface area contributed by atoms with E-state index in [-0.39, 0.29) is 0 Å².